The number of aryl methyl sites for hydroxylation is 1. The second-order valence-corrected chi connectivity index (χ2v) is 5.23. The Bertz CT molecular complexity index is 858. The van der Waals surface area contributed by atoms with Crippen LogP contribution in [0.15, 0.2) is 36.4 Å². The summed E-state index contributed by atoms with van der Waals surface area (Å²) in [5, 5.41) is 3.26. The average molecular weight is 316 g/mol. The lowest BCUT2D eigenvalue weighted by Crippen LogP contribution is -2.12. The lowest BCUT2D eigenvalue weighted by atomic mass is 10.1. The fraction of sp³-hybridized carbons (Fsp3) is 0.125. The number of imidazole rings is 1. The second kappa shape index (κ2) is 5.69. The van der Waals surface area contributed by atoms with Crippen LogP contribution in [0.25, 0.3) is 11.0 Å². The van der Waals surface area contributed by atoms with E-state index in [4.69, 9.17) is 16.3 Å². The van der Waals surface area contributed by atoms with Crippen LogP contribution in [-0.4, -0.2) is 23.0 Å². The van der Waals surface area contributed by atoms with Gasteiger partial charge in [0.1, 0.15) is 17.1 Å². The van der Waals surface area contributed by atoms with E-state index >= 15 is 0 Å². The highest BCUT2D eigenvalue weighted by atomic mass is 35.5. The Balaban J connectivity index is 1.92. The first-order chi connectivity index (χ1) is 10.6. The highest BCUT2D eigenvalue weighted by Crippen LogP contribution is 2.27. The second-order valence-electron chi connectivity index (χ2n) is 4.83. The van der Waals surface area contributed by atoms with E-state index in [-0.39, 0.29) is 5.91 Å². The number of aromatic nitrogens is 2. The molecule has 2 N–H and O–H groups in total. The predicted octanol–water partition coefficient (Wildman–Crippen LogP) is 3.79. The van der Waals surface area contributed by atoms with Crippen LogP contribution >= 0.6 is 11.6 Å². The molecule has 0 saturated heterocycles. The van der Waals surface area contributed by atoms with E-state index in [2.05, 4.69) is 15.3 Å². The number of fused-ring (bicyclic) bond motifs is 1. The minimum Gasteiger partial charge on any atom is -0.495 e. The molecule has 6 heteroatoms. The SMILES string of the molecule is COc1ccc(NC(=O)c2cccc3[nH]c(C)nc23)cc1Cl. The molecule has 0 aliphatic rings. The van der Waals surface area contributed by atoms with E-state index < -0.39 is 0 Å². The zero-order valence-corrected chi connectivity index (χ0v) is 12.9. The number of nitrogens with zero attached hydrogens (tertiary/aromatic N) is 1. The number of para-hydroxylation sites is 1. The van der Waals surface area contributed by atoms with Crippen molar-refractivity contribution in [2.24, 2.45) is 0 Å². The van der Waals surface area contributed by atoms with Crippen LogP contribution in [0.1, 0.15) is 16.2 Å². The summed E-state index contributed by atoms with van der Waals surface area (Å²) in [6.07, 6.45) is 0. The molecule has 0 saturated carbocycles. The summed E-state index contributed by atoms with van der Waals surface area (Å²) in [4.78, 5) is 19.9. The van der Waals surface area contributed by atoms with Crippen molar-refractivity contribution in [3.05, 3.63) is 52.8 Å². The molecule has 0 radical (unpaired) electrons. The summed E-state index contributed by atoms with van der Waals surface area (Å²) in [6, 6.07) is 10.5. The van der Waals surface area contributed by atoms with Crippen molar-refractivity contribution in [2.75, 3.05) is 12.4 Å². The molecule has 1 amide bonds. The molecule has 0 aliphatic heterocycles. The van der Waals surface area contributed by atoms with Gasteiger partial charge in [-0.25, -0.2) is 4.98 Å². The topological polar surface area (TPSA) is 67.0 Å². The first kappa shape index (κ1) is 14.4. The monoisotopic (exact) mass is 315 g/mol. The number of carbonyl (C=O) groups is 1. The lowest BCUT2D eigenvalue weighted by molar-refractivity contribution is 0.102. The summed E-state index contributed by atoms with van der Waals surface area (Å²) in [6.45, 7) is 1.85. The van der Waals surface area contributed by atoms with Crippen LogP contribution in [0.2, 0.25) is 5.02 Å². The third-order valence-corrected chi connectivity index (χ3v) is 3.58. The highest BCUT2D eigenvalue weighted by Gasteiger charge is 2.13. The zero-order valence-electron chi connectivity index (χ0n) is 12.1. The molecule has 0 aliphatic carbocycles. The summed E-state index contributed by atoms with van der Waals surface area (Å²) >= 11 is 6.06. The number of H-pyrrole nitrogens is 1. The van der Waals surface area contributed by atoms with Gasteiger partial charge in [0.2, 0.25) is 0 Å². The number of methoxy groups -OCH3 is 1. The third kappa shape index (κ3) is 2.63. The molecule has 0 fully saturated rings. The van der Waals surface area contributed by atoms with Crippen molar-refractivity contribution in [3.63, 3.8) is 0 Å². The van der Waals surface area contributed by atoms with Crippen LogP contribution in [0, 0.1) is 6.92 Å². The van der Waals surface area contributed by atoms with Crippen LogP contribution in [0.4, 0.5) is 5.69 Å². The number of halogens is 1. The number of benzene rings is 2. The number of carbonyl (C=O) groups excluding carboxylic acids is 1. The number of hydrogen-bond acceptors (Lipinski definition) is 3. The molecule has 1 heterocycles. The normalized spacial score (nSPS) is 10.7. The summed E-state index contributed by atoms with van der Waals surface area (Å²) in [7, 11) is 1.54. The number of anilines is 1. The summed E-state index contributed by atoms with van der Waals surface area (Å²) in [5.74, 6) is 1.09. The number of nitrogens with one attached hydrogen (secondary N) is 2. The van der Waals surface area contributed by atoms with Gasteiger partial charge in [0.15, 0.2) is 0 Å². The maximum atomic E-state index is 12.5. The highest BCUT2D eigenvalue weighted by molar-refractivity contribution is 6.32. The summed E-state index contributed by atoms with van der Waals surface area (Å²) in [5.41, 5.74) is 2.59. The van der Waals surface area contributed by atoms with Crippen molar-refractivity contribution >= 4 is 34.2 Å². The van der Waals surface area contributed by atoms with E-state index in [0.717, 1.165) is 11.3 Å². The van der Waals surface area contributed by atoms with Gasteiger partial charge in [0.05, 0.1) is 23.2 Å². The number of rotatable bonds is 3. The van der Waals surface area contributed by atoms with Crippen molar-refractivity contribution < 1.29 is 9.53 Å². The Morgan fingerprint density at radius 2 is 2.14 bits per heavy atom. The van der Waals surface area contributed by atoms with Crippen LogP contribution in [0.5, 0.6) is 5.75 Å². The van der Waals surface area contributed by atoms with E-state index in [9.17, 15) is 4.79 Å². The number of hydrogen-bond donors (Lipinski definition) is 2. The summed E-state index contributed by atoms with van der Waals surface area (Å²) < 4.78 is 5.09. The third-order valence-electron chi connectivity index (χ3n) is 3.29. The fourth-order valence-corrected chi connectivity index (χ4v) is 2.54. The molecule has 22 heavy (non-hydrogen) atoms. The number of ether oxygens (including phenoxy) is 1. The molecule has 3 aromatic rings. The smallest absolute Gasteiger partial charge is 0.257 e. The van der Waals surface area contributed by atoms with Gasteiger partial charge in [-0.1, -0.05) is 17.7 Å². The Morgan fingerprint density at radius 1 is 1.32 bits per heavy atom. The minimum absolute atomic E-state index is 0.238. The van der Waals surface area contributed by atoms with Crippen molar-refractivity contribution in [1.82, 2.24) is 9.97 Å². The molecule has 0 unspecified atom stereocenters. The van der Waals surface area contributed by atoms with Crippen molar-refractivity contribution in [3.8, 4) is 5.75 Å². The number of amides is 1. The number of aromatic amines is 1. The van der Waals surface area contributed by atoms with E-state index in [1.807, 2.05) is 19.1 Å². The predicted molar refractivity (Wildman–Crippen MR) is 86.8 cm³/mol. The van der Waals surface area contributed by atoms with Crippen LogP contribution in [-0.2, 0) is 0 Å². The molecule has 0 spiro atoms. The fourth-order valence-electron chi connectivity index (χ4n) is 2.28. The Hall–Kier alpha value is -2.53. The Kier molecular flexibility index (Phi) is 3.73. The van der Waals surface area contributed by atoms with Crippen LogP contribution in [0.3, 0.4) is 0 Å². The molecule has 112 valence electrons. The van der Waals surface area contributed by atoms with Crippen LogP contribution < -0.4 is 10.1 Å². The molecular weight excluding hydrogens is 302 g/mol. The molecular formula is C16H14ClN3O2. The van der Waals surface area contributed by atoms with E-state index in [0.29, 0.717) is 27.5 Å². The quantitative estimate of drug-likeness (QED) is 0.773. The first-order valence-electron chi connectivity index (χ1n) is 6.68. The van der Waals surface area contributed by atoms with Crippen molar-refractivity contribution in [2.45, 2.75) is 6.92 Å². The van der Waals surface area contributed by atoms with Gasteiger partial charge in [0, 0.05) is 5.69 Å². The van der Waals surface area contributed by atoms with E-state index in [1.165, 1.54) is 0 Å². The Labute approximate surface area is 132 Å². The molecule has 0 bridgehead atoms. The first-order valence-corrected chi connectivity index (χ1v) is 7.06. The van der Waals surface area contributed by atoms with E-state index in [1.54, 1.807) is 31.4 Å². The van der Waals surface area contributed by atoms with Gasteiger partial charge in [-0.2, -0.15) is 0 Å². The van der Waals surface area contributed by atoms with Gasteiger partial charge >= 0.3 is 0 Å². The van der Waals surface area contributed by atoms with Gasteiger partial charge < -0.3 is 15.0 Å². The minimum atomic E-state index is -0.238. The van der Waals surface area contributed by atoms with Gasteiger partial charge in [-0.3, -0.25) is 4.79 Å². The Morgan fingerprint density at radius 3 is 2.86 bits per heavy atom. The molecule has 1 aromatic heterocycles. The molecule has 3 rings (SSSR count). The van der Waals surface area contributed by atoms with Gasteiger partial charge in [-0.05, 0) is 37.3 Å². The van der Waals surface area contributed by atoms with Crippen molar-refractivity contribution in [1.29, 1.82) is 0 Å². The molecule has 5 nitrogen and oxygen atoms in total. The molecule has 0 atom stereocenters. The lowest BCUT2D eigenvalue weighted by Gasteiger charge is -2.08. The zero-order chi connectivity index (χ0) is 15.7. The van der Waals surface area contributed by atoms with Gasteiger partial charge in [0.25, 0.3) is 5.91 Å². The maximum Gasteiger partial charge on any atom is 0.257 e. The largest absolute Gasteiger partial charge is 0.495 e. The standard InChI is InChI=1S/C16H14ClN3O2/c1-9-18-13-5-3-4-11(15(13)19-9)16(21)20-10-6-7-14(22-2)12(17)8-10/h3-8H,1-2H3,(H,18,19)(H,20,21). The molecule has 2 aromatic carbocycles. The average Bonchev–Trinajstić information content (AvgIpc) is 2.87. The maximum absolute atomic E-state index is 12.5. The van der Waals surface area contributed by atoms with Gasteiger partial charge in [-0.15, -0.1) is 0 Å².